The number of hydrogen-bond acceptors (Lipinski definition) is 4. The van der Waals surface area contributed by atoms with Gasteiger partial charge in [0.05, 0.1) is 0 Å². The van der Waals surface area contributed by atoms with E-state index in [4.69, 9.17) is 0 Å². The third-order valence-corrected chi connectivity index (χ3v) is 4.31. The Labute approximate surface area is 136 Å². The number of rotatable bonds is 5. The van der Waals surface area contributed by atoms with Crippen molar-refractivity contribution in [2.75, 3.05) is 20.1 Å². The van der Waals surface area contributed by atoms with Crippen LogP contribution in [-0.2, 0) is 6.42 Å². The number of amides is 1. The highest BCUT2D eigenvalue weighted by atomic mass is 16.1. The Kier molecular flexibility index (Phi) is 4.98. The first-order valence-corrected chi connectivity index (χ1v) is 8.08. The minimum atomic E-state index is -0.122. The van der Waals surface area contributed by atoms with Crippen molar-refractivity contribution in [3.8, 4) is 0 Å². The molecule has 23 heavy (non-hydrogen) atoms. The predicted molar refractivity (Wildman–Crippen MR) is 89.1 cm³/mol. The Morgan fingerprint density at radius 1 is 1.30 bits per heavy atom. The second kappa shape index (κ2) is 7.33. The van der Waals surface area contributed by atoms with Crippen LogP contribution in [-0.4, -0.2) is 40.9 Å². The summed E-state index contributed by atoms with van der Waals surface area (Å²) in [5, 5.41) is 2.92. The van der Waals surface area contributed by atoms with Gasteiger partial charge in [0.1, 0.15) is 5.69 Å². The zero-order valence-corrected chi connectivity index (χ0v) is 13.4. The Bertz CT molecular complexity index is 659. The highest BCUT2D eigenvalue weighted by molar-refractivity contribution is 5.92. The molecule has 0 spiro atoms. The molecular weight excluding hydrogens is 288 g/mol. The van der Waals surface area contributed by atoms with Crippen LogP contribution >= 0.6 is 0 Å². The summed E-state index contributed by atoms with van der Waals surface area (Å²) in [6.07, 6.45) is 6.56. The molecule has 0 aromatic carbocycles. The lowest BCUT2D eigenvalue weighted by atomic mass is 10.1. The van der Waals surface area contributed by atoms with Gasteiger partial charge in [-0.15, -0.1) is 0 Å². The van der Waals surface area contributed by atoms with Crippen LogP contribution in [0.2, 0.25) is 0 Å². The minimum absolute atomic E-state index is 0.122. The monoisotopic (exact) mass is 310 g/mol. The van der Waals surface area contributed by atoms with Gasteiger partial charge in [-0.3, -0.25) is 19.7 Å². The van der Waals surface area contributed by atoms with Gasteiger partial charge in [-0.1, -0.05) is 6.07 Å². The van der Waals surface area contributed by atoms with E-state index in [2.05, 4.69) is 27.2 Å². The third-order valence-electron chi connectivity index (χ3n) is 4.31. The fourth-order valence-electron chi connectivity index (χ4n) is 3.05. The summed E-state index contributed by atoms with van der Waals surface area (Å²) >= 11 is 0. The average Bonchev–Trinajstić information content (AvgIpc) is 3.02. The molecule has 5 nitrogen and oxygen atoms in total. The van der Waals surface area contributed by atoms with Gasteiger partial charge >= 0.3 is 0 Å². The van der Waals surface area contributed by atoms with Crippen molar-refractivity contribution in [2.45, 2.75) is 25.3 Å². The van der Waals surface area contributed by atoms with Crippen molar-refractivity contribution in [3.63, 3.8) is 0 Å². The molecule has 2 aromatic heterocycles. The number of carbonyl (C=O) groups excluding carboxylic acids is 1. The second-order valence-corrected chi connectivity index (χ2v) is 5.94. The SMILES string of the molecule is CN1CCCC1c1ccnc(C(=O)NCCc2ccccn2)c1. The number of likely N-dealkylation sites (tertiary alicyclic amines) is 1. The highest BCUT2D eigenvalue weighted by Gasteiger charge is 2.23. The number of aromatic nitrogens is 2. The van der Waals surface area contributed by atoms with Crippen molar-refractivity contribution in [1.29, 1.82) is 0 Å². The Morgan fingerprint density at radius 3 is 2.96 bits per heavy atom. The van der Waals surface area contributed by atoms with Gasteiger partial charge < -0.3 is 5.32 Å². The van der Waals surface area contributed by atoms with Crippen LogP contribution < -0.4 is 5.32 Å². The molecule has 2 aromatic rings. The molecule has 3 rings (SSSR count). The third kappa shape index (κ3) is 3.93. The van der Waals surface area contributed by atoms with E-state index in [0.717, 1.165) is 25.1 Å². The molecule has 1 saturated heterocycles. The summed E-state index contributed by atoms with van der Waals surface area (Å²) in [5.74, 6) is -0.122. The van der Waals surface area contributed by atoms with Crippen LogP contribution in [0.3, 0.4) is 0 Å². The molecule has 1 atom stereocenters. The molecule has 5 heteroatoms. The average molecular weight is 310 g/mol. The normalized spacial score (nSPS) is 18.0. The zero-order chi connectivity index (χ0) is 16.1. The summed E-state index contributed by atoms with van der Waals surface area (Å²) in [6.45, 7) is 1.67. The quantitative estimate of drug-likeness (QED) is 0.920. The summed E-state index contributed by atoms with van der Waals surface area (Å²) in [6, 6.07) is 10.1. The van der Waals surface area contributed by atoms with Crippen LogP contribution in [0.25, 0.3) is 0 Å². The van der Waals surface area contributed by atoms with E-state index in [-0.39, 0.29) is 5.91 Å². The summed E-state index contributed by atoms with van der Waals surface area (Å²) < 4.78 is 0. The van der Waals surface area contributed by atoms with Crippen molar-refractivity contribution in [1.82, 2.24) is 20.2 Å². The van der Waals surface area contributed by atoms with Gasteiger partial charge in [-0.25, -0.2) is 0 Å². The Balaban J connectivity index is 1.59. The fraction of sp³-hybridized carbons (Fsp3) is 0.389. The van der Waals surface area contributed by atoms with Gasteiger partial charge in [0.15, 0.2) is 0 Å². The molecule has 120 valence electrons. The lowest BCUT2D eigenvalue weighted by molar-refractivity contribution is 0.0949. The standard InChI is InChI=1S/C18H22N4O/c1-22-12-4-6-17(22)14-7-10-20-16(13-14)18(23)21-11-8-15-5-2-3-9-19-15/h2-3,5,7,9-10,13,17H,4,6,8,11-12H2,1H3,(H,21,23). The van der Waals surface area contributed by atoms with E-state index in [0.29, 0.717) is 18.3 Å². The second-order valence-electron chi connectivity index (χ2n) is 5.94. The molecule has 1 N–H and O–H groups in total. The van der Waals surface area contributed by atoms with Crippen molar-refractivity contribution in [2.24, 2.45) is 0 Å². The van der Waals surface area contributed by atoms with Crippen molar-refractivity contribution >= 4 is 5.91 Å². The first-order chi connectivity index (χ1) is 11.2. The van der Waals surface area contributed by atoms with Crippen LogP contribution in [0.1, 0.15) is 40.6 Å². The molecule has 1 amide bonds. The van der Waals surface area contributed by atoms with Gasteiger partial charge in [-0.2, -0.15) is 0 Å². The Morgan fingerprint density at radius 2 is 2.22 bits per heavy atom. The number of hydrogen-bond donors (Lipinski definition) is 1. The summed E-state index contributed by atoms with van der Waals surface area (Å²) in [4.78, 5) is 23.1. The van der Waals surface area contributed by atoms with E-state index in [1.54, 1.807) is 12.4 Å². The van der Waals surface area contributed by atoms with E-state index in [9.17, 15) is 4.79 Å². The van der Waals surface area contributed by atoms with Crippen LogP contribution in [0, 0.1) is 0 Å². The first kappa shape index (κ1) is 15.6. The smallest absolute Gasteiger partial charge is 0.269 e. The Hall–Kier alpha value is -2.27. The maximum atomic E-state index is 12.3. The van der Waals surface area contributed by atoms with Crippen molar-refractivity contribution < 1.29 is 4.79 Å². The molecule has 1 aliphatic rings. The highest BCUT2D eigenvalue weighted by Crippen LogP contribution is 2.30. The molecular formula is C18H22N4O. The lowest BCUT2D eigenvalue weighted by Crippen LogP contribution is -2.27. The largest absolute Gasteiger partial charge is 0.350 e. The molecule has 0 radical (unpaired) electrons. The minimum Gasteiger partial charge on any atom is -0.350 e. The number of pyridine rings is 2. The van der Waals surface area contributed by atoms with Gasteiger partial charge in [0.2, 0.25) is 0 Å². The van der Waals surface area contributed by atoms with Crippen LogP contribution in [0.4, 0.5) is 0 Å². The summed E-state index contributed by atoms with van der Waals surface area (Å²) in [7, 11) is 2.13. The van der Waals surface area contributed by atoms with Crippen LogP contribution in [0.5, 0.6) is 0 Å². The molecule has 1 aliphatic heterocycles. The number of nitrogens with zero attached hydrogens (tertiary/aromatic N) is 3. The molecule has 1 unspecified atom stereocenters. The molecule has 1 fully saturated rings. The molecule has 0 saturated carbocycles. The van der Waals surface area contributed by atoms with Crippen LogP contribution in [0.15, 0.2) is 42.7 Å². The van der Waals surface area contributed by atoms with E-state index in [1.165, 1.54) is 12.0 Å². The lowest BCUT2D eigenvalue weighted by Gasteiger charge is -2.19. The van der Waals surface area contributed by atoms with E-state index >= 15 is 0 Å². The molecule has 3 heterocycles. The summed E-state index contributed by atoms with van der Waals surface area (Å²) in [5.41, 5.74) is 2.64. The fourth-order valence-corrected chi connectivity index (χ4v) is 3.05. The topological polar surface area (TPSA) is 58.1 Å². The van der Waals surface area contributed by atoms with Gasteiger partial charge in [0.25, 0.3) is 5.91 Å². The first-order valence-electron chi connectivity index (χ1n) is 8.08. The van der Waals surface area contributed by atoms with E-state index in [1.807, 2.05) is 30.3 Å². The maximum absolute atomic E-state index is 12.3. The predicted octanol–water partition coefficient (Wildman–Crippen LogP) is 2.22. The maximum Gasteiger partial charge on any atom is 0.269 e. The molecule has 0 bridgehead atoms. The van der Waals surface area contributed by atoms with Gasteiger partial charge in [-0.05, 0) is 56.3 Å². The zero-order valence-electron chi connectivity index (χ0n) is 13.4. The molecule has 0 aliphatic carbocycles. The number of carbonyl (C=O) groups is 1. The van der Waals surface area contributed by atoms with Crippen molar-refractivity contribution in [3.05, 3.63) is 59.7 Å². The number of nitrogens with one attached hydrogen (secondary N) is 1. The van der Waals surface area contributed by atoms with Gasteiger partial charge in [0, 0.05) is 37.1 Å². The van der Waals surface area contributed by atoms with E-state index < -0.39 is 0 Å².